The van der Waals surface area contributed by atoms with Crippen molar-refractivity contribution in [2.75, 3.05) is 11.9 Å². The smallest absolute Gasteiger partial charge is 0.408 e. The summed E-state index contributed by atoms with van der Waals surface area (Å²) in [6.45, 7) is 10.2. The lowest BCUT2D eigenvalue weighted by Crippen LogP contribution is -2.59. The van der Waals surface area contributed by atoms with Crippen molar-refractivity contribution in [3.63, 3.8) is 0 Å². The van der Waals surface area contributed by atoms with E-state index in [2.05, 4.69) is 31.1 Å². The van der Waals surface area contributed by atoms with Gasteiger partial charge in [0.05, 0.1) is 23.5 Å². The fraction of sp³-hybridized carbons (Fsp3) is 0.324. The number of aromatic amines is 2. The van der Waals surface area contributed by atoms with E-state index >= 15 is 0 Å². The summed E-state index contributed by atoms with van der Waals surface area (Å²) >= 11 is 0. The van der Waals surface area contributed by atoms with E-state index in [9.17, 15) is 19.2 Å². The number of para-hydroxylation sites is 1. The number of H-pyrrole nitrogens is 2. The third kappa shape index (κ3) is 8.08. The molecule has 2 heterocycles. The lowest BCUT2D eigenvalue weighted by Gasteiger charge is -2.29. The molecule has 0 aliphatic heterocycles. The summed E-state index contributed by atoms with van der Waals surface area (Å²) in [5.74, 6) is -2.42. The molecule has 0 aliphatic carbocycles. The molecule has 256 valence electrons. The first-order valence-electron chi connectivity index (χ1n) is 16.1. The highest BCUT2D eigenvalue weighted by Crippen LogP contribution is 2.34. The Morgan fingerprint density at radius 2 is 1.61 bits per heavy atom. The Morgan fingerprint density at radius 3 is 2.33 bits per heavy atom. The number of rotatable bonds is 11. The van der Waals surface area contributed by atoms with Crippen LogP contribution in [0.3, 0.4) is 0 Å². The number of anilines is 1. The molecule has 3 amide bonds. The molecule has 0 spiro atoms. The minimum Gasteiger partial charge on any atom is -0.465 e. The minimum absolute atomic E-state index is 0.133. The zero-order valence-electron chi connectivity index (χ0n) is 28.5. The summed E-state index contributed by atoms with van der Waals surface area (Å²) in [6.07, 6.45) is 1.17. The van der Waals surface area contributed by atoms with Crippen molar-refractivity contribution in [2.24, 2.45) is 0 Å². The highest BCUT2D eigenvalue weighted by atomic mass is 16.6. The zero-order valence-corrected chi connectivity index (χ0v) is 28.5. The van der Waals surface area contributed by atoms with Gasteiger partial charge in [-0.05, 0) is 70.9 Å². The number of esters is 1. The first-order chi connectivity index (χ1) is 23.3. The number of nitrogens with one attached hydrogen (secondary N) is 5. The van der Waals surface area contributed by atoms with Crippen molar-refractivity contribution in [2.45, 2.75) is 71.1 Å². The normalized spacial score (nSPS) is 13.0. The fourth-order valence-corrected chi connectivity index (χ4v) is 5.60. The molecule has 5 rings (SSSR count). The van der Waals surface area contributed by atoms with Crippen LogP contribution in [0.5, 0.6) is 0 Å². The van der Waals surface area contributed by atoms with Gasteiger partial charge in [-0.1, -0.05) is 54.6 Å². The van der Waals surface area contributed by atoms with Crippen LogP contribution in [-0.4, -0.2) is 62.8 Å². The van der Waals surface area contributed by atoms with Gasteiger partial charge in [-0.15, -0.1) is 0 Å². The average molecular weight is 667 g/mol. The third-order valence-electron chi connectivity index (χ3n) is 7.91. The largest absolute Gasteiger partial charge is 0.465 e. The average Bonchev–Trinajstić information content (AvgIpc) is 3.65. The number of alkyl carbamates (subject to hydrolysis) is 1. The Kier molecular flexibility index (Phi) is 10.1. The summed E-state index contributed by atoms with van der Waals surface area (Å²) in [5, 5.41) is 17.3. The predicted molar refractivity (Wildman–Crippen MR) is 187 cm³/mol. The molecule has 2 aromatic heterocycles. The van der Waals surface area contributed by atoms with Crippen molar-refractivity contribution < 1.29 is 28.7 Å². The Labute approximate surface area is 284 Å². The van der Waals surface area contributed by atoms with Gasteiger partial charge in [-0.2, -0.15) is 5.10 Å². The summed E-state index contributed by atoms with van der Waals surface area (Å²) in [4.78, 5) is 57.1. The van der Waals surface area contributed by atoms with Crippen LogP contribution in [0, 0.1) is 0 Å². The summed E-state index contributed by atoms with van der Waals surface area (Å²) in [7, 11) is 0. The number of hydrogen-bond donors (Lipinski definition) is 5. The van der Waals surface area contributed by atoms with Gasteiger partial charge in [-0.3, -0.25) is 19.5 Å². The minimum atomic E-state index is -1.43. The fourth-order valence-electron chi connectivity index (χ4n) is 5.60. The highest BCUT2D eigenvalue weighted by molar-refractivity contribution is 6.07. The first kappa shape index (κ1) is 34.7. The molecule has 2 atom stereocenters. The topological polar surface area (TPSA) is 167 Å². The summed E-state index contributed by atoms with van der Waals surface area (Å²) < 4.78 is 10.8. The van der Waals surface area contributed by atoms with Crippen molar-refractivity contribution in [1.29, 1.82) is 0 Å². The van der Waals surface area contributed by atoms with E-state index in [1.54, 1.807) is 52.1 Å². The summed E-state index contributed by atoms with van der Waals surface area (Å²) in [6, 6.07) is 21.0. The Balaban J connectivity index is 1.49. The predicted octanol–water partition coefficient (Wildman–Crippen LogP) is 5.71. The molecule has 5 N–H and O–H groups in total. The van der Waals surface area contributed by atoms with Crippen LogP contribution < -0.4 is 16.0 Å². The first-order valence-corrected chi connectivity index (χ1v) is 16.1. The highest BCUT2D eigenvalue weighted by Gasteiger charge is 2.35. The molecule has 0 bridgehead atoms. The van der Waals surface area contributed by atoms with Gasteiger partial charge in [-0.25, -0.2) is 4.79 Å². The number of nitrogens with zero attached hydrogens (tertiary/aromatic N) is 1. The molecule has 0 radical (unpaired) electrons. The lowest BCUT2D eigenvalue weighted by molar-refractivity contribution is -0.143. The van der Waals surface area contributed by atoms with Crippen molar-refractivity contribution in [1.82, 2.24) is 25.8 Å². The maximum atomic E-state index is 14.2. The van der Waals surface area contributed by atoms with E-state index in [4.69, 9.17) is 9.47 Å². The van der Waals surface area contributed by atoms with Crippen LogP contribution in [0.25, 0.3) is 21.8 Å². The van der Waals surface area contributed by atoms with Crippen molar-refractivity contribution in [3.05, 3.63) is 95.8 Å². The Bertz CT molecular complexity index is 1970. The monoisotopic (exact) mass is 666 g/mol. The van der Waals surface area contributed by atoms with Gasteiger partial charge in [0, 0.05) is 28.9 Å². The standard InChI is InChI=1S/C37H42N6O6/c1-7-48-33(45)29(22-14-9-8-10-15-22)31-30-26(18-13-19-27(30)42-43-31)39-32(44)28(20-23-21-38-25-17-12-11-16-24(23)25)40-34(46)37(5,6)41-35(47)49-36(2,3)4/h8-19,21,28-29,38H,7,20H2,1-6H3,(H,39,44)(H,40,46)(H,41,47)(H,42,43)/t28-,29?/m1/s1. The molecule has 0 saturated heterocycles. The maximum absolute atomic E-state index is 14.2. The summed E-state index contributed by atoms with van der Waals surface area (Å²) in [5.41, 5.74) is 1.55. The van der Waals surface area contributed by atoms with Crippen molar-refractivity contribution in [3.8, 4) is 0 Å². The number of aromatic nitrogens is 3. The number of carbonyl (C=O) groups excluding carboxylic acids is 4. The number of ether oxygens (including phenoxy) is 2. The van der Waals surface area contributed by atoms with Crippen LogP contribution in [0.15, 0.2) is 79.0 Å². The molecular formula is C37H42N6O6. The van der Waals surface area contributed by atoms with Gasteiger partial charge in [0.1, 0.15) is 23.1 Å². The SMILES string of the molecule is CCOC(=O)C(c1ccccc1)c1[nH]nc2cccc(NC(=O)[C@@H](Cc3c[nH]c4ccccc34)NC(=O)C(C)(C)NC(=O)OC(C)(C)C)c12. The van der Waals surface area contributed by atoms with Gasteiger partial charge in [0.2, 0.25) is 11.8 Å². The van der Waals surface area contributed by atoms with E-state index in [0.717, 1.165) is 16.5 Å². The second-order valence-electron chi connectivity index (χ2n) is 13.3. The molecule has 0 saturated carbocycles. The zero-order chi connectivity index (χ0) is 35.3. The third-order valence-corrected chi connectivity index (χ3v) is 7.91. The van der Waals surface area contributed by atoms with Gasteiger partial charge >= 0.3 is 12.1 Å². The Hall–Kier alpha value is -5.65. The van der Waals surface area contributed by atoms with Crippen LogP contribution >= 0.6 is 0 Å². The second kappa shape index (κ2) is 14.2. The molecule has 0 fully saturated rings. The molecule has 0 aliphatic rings. The Morgan fingerprint density at radius 1 is 0.898 bits per heavy atom. The molecule has 49 heavy (non-hydrogen) atoms. The van der Waals surface area contributed by atoms with Crippen LogP contribution in [0.4, 0.5) is 10.5 Å². The number of hydrogen-bond acceptors (Lipinski definition) is 7. The van der Waals surface area contributed by atoms with Crippen LogP contribution in [0.2, 0.25) is 0 Å². The lowest BCUT2D eigenvalue weighted by atomic mass is 9.93. The van der Waals surface area contributed by atoms with E-state index in [-0.39, 0.29) is 13.0 Å². The van der Waals surface area contributed by atoms with E-state index in [1.165, 1.54) is 13.8 Å². The molecule has 12 heteroatoms. The number of benzene rings is 3. The molecule has 12 nitrogen and oxygen atoms in total. The molecule has 1 unspecified atom stereocenters. The number of fused-ring (bicyclic) bond motifs is 2. The van der Waals surface area contributed by atoms with Gasteiger partial charge in [0.15, 0.2) is 0 Å². The van der Waals surface area contributed by atoms with E-state index in [1.807, 2.05) is 54.6 Å². The number of carbonyl (C=O) groups is 4. The van der Waals surface area contributed by atoms with Crippen molar-refractivity contribution >= 4 is 51.4 Å². The molecule has 3 aromatic carbocycles. The van der Waals surface area contributed by atoms with E-state index < -0.39 is 47.0 Å². The van der Waals surface area contributed by atoms with E-state index in [0.29, 0.717) is 27.8 Å². The molecular weight excluding hydrogens is 624 g/mol. The van der Waals surface area contributed by atoms with Gasteiger partial charge < -0.3 is 30.4 Å². The van der Waals surface area contributed by atoms with Crippen LogP contribution in [-0.2, 0) is 30.3 Å². The molecule has 5 aromatic rings. The number of amides is 3. The van der Waals surface area contributed by atoms with Crippen LogP contribution in [0.1, 0.15) is 64.3 Å². The second-order valence-corrected chi connectivity index (χ2v) is 13.3. The maximum Gasteiger partial charge on any atom is 0.408 e. The quantitative estimate of drug-likeness (QED) is 0.113. The van der Waals surface area contributed by atoms with Gasteiger partial charge in [0.25, 0.3) is 0 Å².